The number of hydrogen-bond acceptors (Lipinski definition) is 1. The number of rotatable bonds is 4. The topological polar surface area (TPSA) is 9.23 Å². The molecule has 1 nitrogen and oxygen atoms in total. The van der Waals surface area contributed by atoms with Crippen LogP contribution in [0.2, 0.25) is 19.6 Å². The molecule has 0 atom stereocenters. The first kappa shape index (κ1) is 15.6. The molecule has 0 aliphatic carbocycles. The van der Waals surface area contributed by atoms with Crippen LogP contribution in [0.1, 0.15) is 0 Å². The molecule has 0 N–H and O–H groups in total. The van der Waals surface area contributed by atoms with Gasteiger partial charge in [0, 0.05) is 5.56 Å². The second kappa shape index (κ2) is 6.43. The highest BCUT2D eigenvalue weighted by Gasteiger charge is 2.19. The zero-order valence-corrected chi connectivity index (χ0v) is 14.9. The number of benzene rings is 3. The Hall–Kier alpha value is -2.32. The van der Waals surface area contributed by atoms with Crippen LogP contribution in [0.4, 0.5) is 0 Å². The highest BCUT2D eigenvalue weighted by molar-refractivity contribution is 6.70. The molecule has 116 valence electrons. The van der Waals surface area contributed by atoms with Gasteiger partial charge in [-0.15, -0.1) is 0 Å². The summed E-state index contributed by atoms with van der Waals surface area (Å²) in [6, 6.07) is 27.4. The Morgan fingerprint density at radius 2 is 1.17 bits per heavy atom. The molecule has 0 bridgehead atoms. The van der Waals surface area contributed by atoms with Gasteiger partial charge in [0.2, 0.25) is 8.32 Å². The average molecular weight is 318 g/mol. The smallest absolute Gasteiger partial charge is 0.242 e. The van der Waals surface area contributed by atoms with Crippen LogP contribution in [0, 0.1) is 0 Å². The van der Waals surface area contributed by atoms with Gasteiger partial charge in [0.1, 0.15) is 5.75 Å². The summed E-state index contributed by atoms with van der Waals surface area (Å²) in [5, 5.41) is 0. The Labute approximate surface area is 139 Å². The van der Waals surface area contributed by atoms with Gasteiger partial charge in [-0.2, -0.15) is 0 Å². The van der Waals surface area contributed by atoms with Crippen molar-refractivity contribution in [2.24, 2.45) is 0 Å². The molecule has 3 aromatic carbocycles. The van der Waals surface area contributed by atoms with Crippen LogP contribution in [-0.2, 0) is 0 Å². The Kier molecular flexibility index (Phi) is 4.35. The van der Waals surface area contributed by atoms with Crippen LogP contribution in [0.3, 0.4) is 0 Å². The predicted octanol–water partition coefficient (Wildman–Crippen LogP) is 6.23. The van der Waals surface area contributed by atoms with Crippen LogP contribution < -0.4 is 4.43 Å². The van der Waals surface area contributed by atoms with E-state index in [1.165, 1.54) is 16.7 Å². The Morgan fingerprint density at radius 3 is 1.74 bits per heavy atom. The molecule has 0 radical (unpaired) electrons. The van der Waals surface area contributed by atoms with Gasteiger partial charge in [-0.05, 0) is 48.5 Å². The lowest BCUT2D eigenvalue weighted by atomic mass is 9.98. The van der Waals surface area contributed by atoms with Crippen molar-refractivity contribution in [3.63, 3.8) is 0 Å². The van der Waals surface area contributed by atoms with Crippen molar-refractivity contribution >= 4 is 8.32 Å². The highest BCUT2D eigenvalue weighted by atomic mass is 28.4. The lowest BCUT2D eigenvalue weighted by Crippen LogP contribution is -2.29. The maximum absolute atomic E-state index is 6.32. The molecule has 0 amide bonds. The molecule has 3 aromatic rings. The quantitative estimate of drug-likeness (QED) is 0.518. The molecule has 0 saturated heterocycles. The first-order valence-corrected chi connectivity index (χ1v) is 11.4. The van der Waals surface area contributed by atoms with Crippen molar-refractivity contribution in [2.75, 3.05) is 0 Å². The molecular formula is C21H22OSi. The third kappa shape index (κ3) is 3.91. The van der Waals surface area contributed by atoms with Crippen LogP contribution in [0.25, 0.3) is 22.3 Å². The molecule has 0 spiro atoms. The summed E-state index contributed by atoms with van der Waals surface area (Å²) in [6.45, 7) is 6.65. The summed E-state index contributed by atoms with van der Waals surface area (Å²) >= 11 is 0. The van der Waals surface area contributed by atoms with Gasteiger partial charge in [-0.1, -0.05) is 66.7 Å². The second-order valence-electron chi connectivity index (χ2n) is 6.66. The van der Waals surface area contributed by atoms with Gasteiger partial charge in [-0.3, -0.25) is 0 Å². The van der Waals surface area contributed by atoms with E-state index >= 15 is 0 Å². The monoisotopic (exact) mass is 318 g/mol. The zero-order valence-electron chi connectivity index (χ0n) is 13.9. The standard InChI is InChI=1S/C21H22OSi/c1-23(2,3)22-21-15-14-19(17-10-6-4-7-11-17)16-20(21)18-12-8-5-9-13-18/h4-16H,1-3H3. The van der Waals surface area contributed by atoms with Crippen molar-refractivity contribution in [1.29, 1.82) is 0 Å². The second-order valence-corrected chi connectivity index (χ2v) is 11.1. The molecule has 0 aliphatic heterocycles. The molecule has 0 saturated carbocycles. The lowest BCUT2D eigenvalue weighted by molar-refractivity contribution is 0.560. The fraction of sp³-hybridized carbons (Fsp3) is 0.143. The average Bonchev–Trinajstić information content (AvgIpc) is 2.55. The minimum atomic E-state index is -1.66. The summed E-state index contributed by atoms with van der Waals surface area (Å²) in [6.07, 6.45) is 0. The minimum Gasteiger partial charge on any atom is -0.544 e. The first-order chi connectivity index (χ1) is 11.0. The van der Waals surface area contributed by atoms with Crippen LogP contribution >= 0.6 is 0 Å². The molecule has 0 aliphatic rings. The van der Waals surface area contributed by atoms with Gasteiger partial charge in [0.05, 0.1) is 0 Å². The van der Waals surface area contributed by atoms with E-state index in [4.69, 9.17) is 4.43 Å². The molecule has 2 heteroatoms. The largest absolute Gasteiger partial charge is 0.544 e. The Balaban J connectivity index is 2.11. The lowest BCUT2D eigenvalue weighted by Gasteiger charge is -2.22. The van der Waals surface area contributed by atoms with Crippen molar-refractivity contribution < 1.29 is 4.43 Å². The van der Waals surface area contributed by atoms with Crippen LogP contribution in [0.5, 0.6) is 5.75 Å². The molecule has 0 fully saturated rings. The Morgan fingerprint density at radius 1 is 0.609 bits per heavy atom. The van der Waals surface area contributed by atoms with Crippen molar-refractivity contribution in [1.82, 2.24) is 0 Å². The molecule has 23 heavy (non-hydrogen) atoms. The predicted molar refractivity (Wildman–Crippen MR) is 101 cm³/mol. The van der Waals surface area contributed by atoms with E-state index in [0.717, 1.165) is 11.3 Å². The van der Waals surface area contributed by atoms with Gasteiger partial charge < -0.3 is 4.43 Å². The van der Waals surface area contributed by atoms with E-state index in [1.807, 2.05) is 12.1 Å². The normalized spacial score (nSPS) is 11.3. The van der Waals surface area contributed by atoms with Crippen molar-refractivity contribution in [3.05, 3.63) is 78.9 Å². The SMILES string of the molecule is C[Si](C)(C)Oc1ccc(-c2ccccc2)cc1-c1ccccc1. The highest BCUT2D eigenvalue weighted by Crippen LogP contribution is 2.35. The van der Waals surface area contributed by atoms with E-state index < -0.39 is 8.32 Å². The minimum absolute atomic E-state index is 0.982. The molecule has 0 unspecified atom stereocenters. The van der Waals surface area contributed by atoms with E-state index in [0.29, 0.717) is 0 Å². The van der Waals surface area contributed by atoms with Crippen molar-refractivity contribution in [2.45, 2.75) is 19.6 Å². The van der Waals surface area contributed by atoms with Gasteiger partial charge in [-0.25, -0.2) is 0 Å². The van der Waals surface area contributed by atoms with E-state index in [2.05, 4.69) is 86.4 Å². The summed E-state index contributed by atoms with van der Waals surface area (Å²) in [5.41, 5.74) is 4.80. The first-order valence-electron chi connectivity index (χ1n) is 7.97. The molecule has 3 rings (SSSR count). The van der Waals surface area contributed by atoms with Gasteiger partial charge >= 0.3 is 0 Å². The Bertz CT molecular complexity index is 774. The maximum Gasteiger partial charge on any atom is 0.242 e. The summed E-state index contributed by atoms with van der Waals surface area (Å²) in [4.78, 5) is 0. The molecule has 0 heterocycles. The third-order valence-electron chi connectivity index (χ3n) is 3.59. The number of hydrogen-bond donors (Lipinski definition) is 0. The molecular weight excluding hydrogens is 296 g/mol. The fourth-order valence-electron chi connectivity index (χ4n) is 2.60. The molecule has 0 aromatic heterocycles. The summed E-state index contributed by atoms with van der Waals surface area (Å²) in [5.74, 6) is 0.982. The van der Waals surface area contributed by atoms with Crippen LogP contribution in [0.15, 0.2) is 78.9 Å². The van der Waals surface area contributed by atoms with Gasteiger partial charge in [0.25, 0.3) is 0 Å². The van der Waals surface area contributed by atoms with Crippen LogP contribution in [-0.4, -0.2) is 8.32 Å². The van der Waals surface area contributed by atoms with Crippen molar-refractivity contribution in [3.8, 4) is 28.0 Å². The summed E-state index contributed by atoms with van der Waals surface area (Å²) < 4.78 is 6.32. The zero-order chi connectivity index (χ0) is 16.3. The van der Waals surface area contributed by atoms with E-state index in [1.54, 1.807) is 0 Å². The van der Waals surface area contributed by atoms with E-state index in [-0.39, 0.29) is 0 Å². The van der Waals surface area contributed by atoms with E-state index in [9.17, 15) is 0 Å². The summed E-state index contributed by atoms with van der Waals surface area (Å²) in [7, 11) is -1.66. The fourth-order valence-corrected chi connectivity index (χ4v) is 3.44. The third-order valence-corrected chi connectivity index (χ3v) is 4.42. The van der Waals surface area contributed by atoms with Gasteiger partial charge in [0.15, 0.2) is 0 Å². The maximum atomic E-state index is 6.32.